The Hall–Kier alpha value is -1.48. The van der Waals surface area contributed by atoms with Crippen molar-refractivity contribution in [1.82, 2.24) is 5.32 Å². The highest BCUT2D eigenvalue weighted by molar-refractivity contribution is 5.43. The summed E-state index contributed by atoms with van der Waals surface area (Å²) in [6, 6.07) is 6.20. The van der Waals surface area contributed by atoms with Crippen LogP contribution in [0.25, 0.3) is 0 Å². The molecule has 2 rings (SSSR count). The predicted molar refractivity (Wildman–Crippen MR) is 86.9 cm³/mol. The van der Waals surface area contributed by atoms with Crippen molar-refractivity contribution in [3.63, 3.8) is 0 Å². The molecule has 0 amide bonds. The lowest BCUT2D eigenvalue weighted by molar-refractivity contribution is 0.219. The maximum atomic E-state index is 6.04. The maximum absolute atomic E-state index is 6.04. The lowest BCUT2D eigenvalue weighted by Crippen LogP contribution is -2.19. The average molecular weight is 289 g/mol. The van der Waals surface area contributed by atoms with Gasteiger partial charge in [-0.25, -0.2) is 0 Å². The smallest absolute Gasteiger partial charge is 0.162 e. The van der Waals surface area contributed by atoms with Gasteiger partial charge in [-0.2, -0.15) is 0 Å². The normalized spacial score (nSPS) is 18.0. The summed E-state index contributed by atoms with van der Waals surface area (Å²) >= 11 is 0. The van der Waals surface area contributed by atoms with Crippen LogP contribution in [-0.4, -0.2) is 19.8 Å². The Balaban J connectivity index is 1.98. The van der Waals surface area contributed by atoms with Crippen molar-refractivity contribution in [3.8, 4) is 11.5 Å². The minimum atomic E-state index is 0.178. The lowest BCUT2D eigenvalue weighted by Gasteiger charge is -2.20. The first-order valence-corrected chi connectivity index (χ1v) is 7.90. The van der Waals surface area contributed by atoms with E-state index in [0.29, 0.717) is 5.92 Å². The fourth-order valence-corrected chi connectivity index (χ4v) is 2.47. The number of benzene rings is 1. The largest absolute Gasteiger partial charge is 0.493 e. The summed E-state index contributed by atoms with van der Waals surface area (Å²) in [5.74, 6) is 2.31. The summed E-state index contributed by atoms with van der Waals surface area (Å²) in [5, 5.41) is 3.45. The van der Waals surface area contributed by atoms with Gasteiger partial charge in [-0.05, 0) is 55.5 Å². The molecular weight excluding hydrogens is 262 g/mol. The molecule has 3 nitrogen and oxygen atoms in total. The van der Waals surface area contributed by atoms with E-state index in [2.05, 4.69) is 43.4 Å². The van der Waals surface area contributed by atoms with E-state index in [0.717, 1.165) is 37.4 Å². The molecule has 21 heavy (non-hydrogen) atoms. The van der Waals surface area contributed by atoms with Crippen LogP contribution in [0.3, 0.4) is 0 Å². The number of allylic oxidation sites excluding steroid dienone is 1. The zero-order chi connectivity index (χ0) is 15.1. The van der Waals surface area contributed by atoms with Gasteiger partial charge in [0.2, 0.25) is 0 Å². The van der Waals surface area contributed by atoms with Gasteiger partial charge in [0.15, 0.2) is 11.5 Å². The highest BCUT2D eigenvalue weighted by Gasteiger charge is 2.13. The Morgan fingerprint density at radius 1 is 1.29 bits per heavy atom. The number of ether oxygens (including phenoxy) is 2. The van der Waals surface area contributed by atoms with Crippen LogP contribution >= 0.6 is 0 Å². The molecule has 3 heteroatoms. The molecule has 1 aromatic carbocycles. The van der Waals surface area contributed by atoms with Crippen LogP contribution in [0, 0.1) is 5.92 Å². The molecule has 116 valence electrons. The lowest BCUT2D eigenvalue weighted by atomic mass is 10.1. The molecule has 1 unspecified atom stereocenters. The summed E-state index contributed by atoms with van der Waals surface area (Å²) < 4.78 is 11.5. The summed E-state index contributed by atoms with van der Waals surface area (Å²) in [6.45, 7) is 6.30. The molecule has 0 heterocycles. The third-order valence-corrected chi connectivity index (χ3v) is 3.60. The Morgan fingerprint density at radius 3 is 2.81 bits per heavy atom. The van der Waals surface area contributed by atoms with Crippen LogP contribution in [-0.2, 0) is 6.54 Å². The van der Waals surface area contributed by atoms with Crippen molar-refractivity contribution in [3.05, 3.63) is 35.9 Å². The zero-order valence-electron chi connectivity index (χ0n) is 13.4. The maximum Gasteiger partial charge on any atom is 0.162 e. The Labute approximate surface area is 128 Å². The van der Waals surface area contributed by atoms with E-state index >= 15 is 0 Å². The first kappa shape index (κ1) is 15.9. The Morgan fingerprint density at radius 2 is 2.14 bits per heavy atom. The van der Waals surface area contributed by atoms with Gasteiger partial charge >= 0.3 is 0 Å². The number of nitrogens with one attached hydrogen (secondary N) is 1. The minimum Gasteiger partial charge on any atom is -0.493 e. The van der Waals surface area contributed by atoms with Gasteiger partial charge in [0.05, 0.1) is 7.11 Å². The average Bonchev–Trinajstić information content (AvgIpc) is 2.49. The van der Waals surface area contributed by atoms with Gasteiger partial charge in [-0.15, -0.1) is 0 Å². The molecular formula is C18H27NO2. The Bertz CT molecular complexity index is 468. The SMILES string of the molecule is COc1cc(CNCC(C)C)ccc1OC1C=CCCC1. The van der Waals surface area contributed by atoms with Crippen molar-refractivity contribution in [2.45, 2.75) is 45.8 Å². The topological polar surface area (TPSA) is 30.5 Å². The fourth-order valence-electron chi connectivity index (χ4n) is 2.47. The molecule has 1 aliphatic carbocycles. The van der Waals surface area contributed by atoms with Crippen LogP contribution in [0.1, 0.15) is 38.7 Å². The molecule has 0 saturated carbocycles. The second-order valence-corrected chi connectivity index (χ2v) is 6.03. The number of hydrogen-bond donors (Lipinski definition) is 1. The van der Waals surface area contributed by atoms with Crippen molar-refractivity contribution in [1.29, 1.82) is 0 Å². The monoisotopic (exact) mass is 289 g/mol. The molecule has 1 atom stereocenters. The van der Waals surface area contributed by atoms with Crippen molar-refractivity contribution < 1.29 is 9.47 Å². The number of rotatable bonds is 7. The molecule has 0 aromatic heterocycles. The highest BCUT2D eigenvalue weighted by Crippen LogP contribution is 2.30. The van der Waals surface area contributed by atoms with Crippen LogP contribution in [0.2, 0.25) is 0 Å². The highest BCUT2D eigenvalue weighted by atomic mass is 16.5. The molecule has 0 spiro atoms. The summed E-state index contributed by atoms with van der Waals surface area (Å²) in [6.07, 6.45) is 7.97. The van der Waals surface area contributed by atoms with Crippen LogP contribution in [0.15, 0.2) is 30.4 Å². The third kappa shape index (κ3) is 5.09. The van der Waals surface area contributed by atoms with Gasteiger partial charge in [0.1, 0.15) is 6.10 Å². The van der Waals surface area contributed by atoms with Gasteiger partial charge in [-0.3, -0.25) is 0 Å². The van der Waals surface area contributed by atoms with Gasteiger partial charge in [0.25, 0.3) is 0 Å². The molecule has 1 aromatic rings. The molecule has 0 aliphatic heterocycles. The van der Waals surface area contributed by atoms with E-state index in [9.17, 15) is 0 Å². The van der Waals surface area contributed by atoms with Crippen LogP contribution in [0.4, 0.5) is 0 Å². The van der Waals surface area contributed by atoms with E-state index < -0.39 is 0 Å². The fraction of sp³-hybridized carbons (Fsp3) is 0.556. The molecule has 0 fully saturated rings. The minimum absolute atomic E-state index is 0.178. The first-order chi connectivity index (χ1) is 10.2. The number of hydrogen-bond acceptors (Lipinski definition) is 3. The van der Waals surface area contributed by atoms with Crippen LogP contribution < -0.4 is 14.8 Å². The van der Waals surface area contributed by atoms with Gasteiger partial charge in [-0.1, -0.05) is 26.0 Å². The van der Waals surface area contributed by atoms with E-state index in [1.807, 2.05) is 6.07 Å². The Kier molecular flexibility index (Phi) is 6.12. The van der Waals surface area contributed by atoms with E-state index in [1.54, 1.807) is 7.11 Å². The van der Waals surface area contributed by atoms with E-state index in [1.165, 1.54) is 12.0 Å². The van der Waals surface area contributed by atoms with E-state index in [-0.39, 0.29) is 6.10 Å². The van der Waals surface area contributed by atoms with Gasteiger partial charge in [0, 0.05) is 6.54 Å². The second-order valence-electron chi connectivity index (χ2n) is 6.03. The number of methoxy groups -OCH3 is 1. The molecule has 1 aliphatic rings. The summed E-state index contributed by atoms with van der Waals surface area (Å²) in [5.41, 5.74) is 1.22. The van der Waals surface area contributed by atoms with Crippen LogP contribution in [0.5, 0.6) is 11.5 Å². The molecule has 0 radical (unpaired) electrons. The quantitative estimate of drug-likeness (QED) is 0.772. The molecule has 1 N–H and O–H groups in total. The molecule has 0 bridgehead atoms. The van der Waals surface area contributed by atoms with E-state index in [4.69, 9.17) is 9.47 Å². The van der Waals surface area contributed by atoms with Crippen molar-refractivity contribution in [2.24, 2.45) is 5.92 Å². The predicted octanol–water partition coefficient (Wildman–Crippen LogP) is 3.93. The van der Waals surface area contributed by atoms with Crippen molar-refractivity contribution >= 4 is 0 Å². The summed E-state index contributed by atoms with van der Waals surface area (Å²) in [7, 11) is 1.70. The summed E-state index contributed by atoms with van der Waals surface area (Å²) in [4.78, 5) is 0. The second kappa shape index (κ2) is 8.08. The molecule has 0 saturated heterocycles. The first-order valence-electron chi connectivity index (χ1n) is 7.90. The third-order valence-electron chi connectivity index (χ3n) is 3.60. The standard InChI is InChI=1S/C18H27NO2/c1-14(2)12-19-13-15-9-10-17(18(11-15)20-3)21-16-7-5-4-6-8-16/h5,7,9-11,14,16,19H,4,6,8,12-13H2,1-3H3. The zero-order valence-corrected chi connectivity index (χ0v) is 13.4. The van der Waals surface area contributed by atoms with Crippen molar-refractivity contribution in [2.75, 3.05) is 13.7 Å². The van der Waals surface area contributed by atoms with Gasteiger partial charge < -0.3 is 14.8 Å².